The highest BCUT2D eigenvalue weighted by molar-refractivity contribution is 6.02. The molecule has 0 saturated heterocycles. The number of ketones is 1. The minimum atomic E-state index is -0.380. The van der Waals surface area contributed by atoms with E-state index in [1.165, 1.54) is 0 Å². The summed E-state index contributed by atoms with van der Waals surface area (Å²) >= 11 is 0. The molecule has 0 spiro atoms. The summed E-state index contributed by atoms with van der Waals surface area (Å²) in [6, 6.07) is 0. The molecule has 0 bridgehead atoms. The summed E-state index contributed by atoms with van der Waals surface area (Å²) in [5.74, 6) is -0.0703. The quantitative estimate of drug-likeness (QED) is 0.332. The van der Waals surface area contributed by atoms with E-state index in [1.54, 1.807) is 6.20 Å². The number of nitrogens with one attached hydrogen (secondary N) is 2. The molecule has 1 unspecified atom stereocenters. The Morgan fingerprint density at radius 1 is 1.31 bits per heavy atom. The van der Waals surface area contributed by atoms with Crippen molar-refractivity contribution in [1.82, 2.24) is 9.97 Å². The smallest absolute Gasteiger partial charge is 0.175 e. The molecule has 0 saturated carbocycles. The summed E-state index contributed by atoms with van der Waals surface area (Å²) in [5, 5.41) is 3.05. The van der Waals surface area contributed by atoms with E-state index in [0.29, 0.717) is 12.0 Å². The number of anilines is 1. The Labute approximate surface area is 192 Å². The van der Waals surface area contributed by atoms with Crippen LogP contribution in [0, 0.1) is 11.7 Å². The molecule has 4 nitrogen and oxygen atoms in total. The summed E-state index contributed by atoms with van der Waals surface area (Å²) in [5.41, 5.74) is 6.49. The fourth-order valence-corrected chi connectivity index (χ4v) is 4.15. The maximum atomic E-state index is 15.6. The van der Waals surface area contributed by atoms with E-state index >= 15 is 4.39 Å². The second-order valence-electron chi connectivity index (χ2n) is 8.38. The second kappa shape index (κ2) is 11.3. The molecule has 2 aromatic rings. The Balaban J connectivity index is 0.00000176. The van der Waals surface area contributed by atoms with Crippen molar-refractivity contribution in [2.24, 2.45) is 5.92 Å². The van der Waals surface area contributed by atoms with E-state index in [1.807, 2.05) is 47.6 Å². The summed E-state index contributed by atoms with van der Waals surface area (Å²) in [6.45, 7) is 17.7. The minimum Gasteiger partial charge on any atom is -0.357 e. The zero-order chi connectivity index (χ0) is 24.0. The third-order valence-corrected chi connectivity index (χ3v) is 5.76. The van der Waals surface area contributed by atoms with Gasteiger partial charge in [-0.05, 0) is 56.7 Å². The van der Waals surface area contributed by atoms with Crippen LogP contribution in [0.25, 0.3) is 11.3 Å². The van der Waals surface area contributed by atoms with Gasteiger partial charge < -0.3 is 10.3 Å². The second-order valence-corrected chi connectivity index (χ2v) is 8.38. The summed E-state index contributed by atoms with van der Waals surface area (Å²) in [4.78, 5) is 20.9. The van der Waals surface area contributed by atoms with Gasteiger partial charge in [0.1, 0.15) is 0 Å². The fourth-order valence-electron chi connectivity index (χ4n) is 4.15. The van der Waals surface area contributed by atoms with E-state index in [0.717, 1.165) is 65.0 Å². The predicted octanol–water partition coefficient (Wildman–Crippen LogP) is 7.41. The van der Waals surface area contributed by atoms with Gasteiger partial charge >= 0.3 is 0 Å². The van der Waals surface area contributed by atoms with Crippen molar-refractivity contribution < 1.29 is 9.18 Å². The Bertz CT molecular complexity index is 1020. The Hall–Kier alpha value is -2.69. The molecule has 0 aliphatic heterocycles. The number of halogens is 1. The molecule has 0 fully saturated rings. The van der Waals surface area contributed by atoms with Crippen LogP contribution < -0.4 is 5.32 Å². The zero-order valence-corrected chi connectivity index (χ0v) is 20.7. The van der Waals surface area contributed by atoms with Crippen molar-refractivity contribution in [3.63, 3.8) is 0 Å². The largest absolute Gasteiger partial charge is 0.357 e. The van der Waals surface area contributed by atoms with Gasteiger partial charge in [-0.25, -0.2) is 9.37 Å². The number of carbonyl (C=O) groups excluding carboxylic acids is 1. The average molecular weight is 440 g/mol. The van der Waals surface area contributed by atoms with Crippen LogP contribution in [-0.4, -0.2) is 15.8 Å². The number of aromatic nitrogens is 2. The van der Waals surface area contributed by atoms with Gasteiger partial charge in [0.25, 0.3) is 0 Å². The number of rotatable bonds is 8. The lowest BCUT2D eigenvalue weighted by Gasteiger charge is -2.20. The Kier molecular flexibility index (Phi) is 8.99. The maximum absolute atomic E-state index is 15.6. The molecule has 0 amide bonds. The molecule has 0 aromatic carbocycles. The first-order chi connectivity index (χ1) is 15.3. The number of H-pyrrole nitrogens is 1. The maximum Gasteiger partial charge on any atom is 0.175 e. The lowest BCUT2D eigenvalue weighted by molar-refractivity contribution is 0.0925. The molecule has 32 heavy (non-hydrogen) atoms. The van der Waals surface area contributed by atoms with Crippen molar-refractivity contribution >= 4 is 11.6 Å². The molecule has 2 heterocycles. The van der Waals surface area contributed by atoms with E-state index in [4.69, 9.17) is 0 Å². The number of hydrogen-bond acceptors (Lipinski definition) is 3. The molecule has 2 N–H and O–H groups in total. The number of aryl methyl sites for hydroxylation is 2. The van der Waals surface area contributed by atoms with E-state index in [9.17, 15) is 4.79 Å². The van der Waals surface area contributed by atoms with Crippen LogP contribution in [0.1, 0.15) is 88.5 Å². The number of allylic oxidation sites excluding steroid dienone is 3. The van der Waals surface area contributed by atoms with Crippen LogP contribution in [0.15, 0.2) is 30.1 Å². The van der Waals surface area contributed by atoms with E-state index in [-0.39, 0.29) is 23.3 Å². The topological polar surface area (TPSA) is 57.8 Å². The summed E-state index contributed by atoms with van der Waals surface area (Å²) in [7, 11) is 0. The van der Waals surface area contributed by atoms with Gasteiger partial charge in [0.05, 0.1) is 5.69 Å². The van der Waals surface area contributed by atoms with Gasteiger partial charge in [-0.2, -0.15) is 0 Å². The first-order valence-corrected chi connectivity index (χ1v) is 11.8. The molecule has 1 aliphatic carbocycles. The minimum absolute atomic E-state index is 0.0450. The van der Waals surface area contributed by atoms with Crippen molar-refractivity contribution in [3.8, 4) is 11.3 Å². The van der Waals surface area contributed by atoms with Crippen LogP contribution in [-0.2, 0) is 19.3 Å². The average Bonchev–Trinajstić information content (AvgIpc) is 3.13. The predicted molar refractivity (Wildman–Crippen MR) is 133 cm³/mol. The molecule has 174 valence electrons. The van der Waals surface area contributed by atoms with Crippen LogP contribution in [0.5, 0.6) is 0 Å². The van der Waals surface area contributed by atoms with E-state index < -0.39 is 0 Å². The highest BCUT2D eigenvalue weighted by Crippen LogP contribution is 2.40. The molecule has 1 atom stereocenters. The lowest BCUT2D eigenvalue weighted by Crippen LogP contribution is -2.15. The van der Waals surface area contributed by atoms with Gasteiger partial charge in [0, 0.05) is 34.6 Å². The molecular formula is C27H38FN3O. The number of pyridine rings is 1. The van der Waals surface area contributed by atoms with Crippen molar-refractivity contribution in [1.29, 1.82) is 0 Å². The van der Waals surface area contributed by atoms with Crippen molar-refractivity contribution in [3.05, 3.63) is 58.3 Å². The molecule has 5 heteroatoms. The summed E-state index contributed by atoms with van der Waals surface area (Å²) in [6.07, 6.45) is 7.49. The van der Waals surface area contributed by atoms with Crippen LogP contribution in [0.2, 0.25) is 0 Å². The Morgan fingerprint density at radius 3 is 2.59 bits per heavy atom. The van der Waals surface area contributed by atoms with Crippen molar-refractivity contribution in [2.75, 3.05) is 5.32 Å². The highest BCUT2D eigenvalue weighted by Gasteiger charge is 2.31. The highest BCUT2D eigenvalue weighted by atomic mass is 19.1. The SMILES string of the molecule is C=C(C)/C=C(\C)Nc1ncc2c(c1F)-c1[nH]c(CCC)c(C(=O)C(C)CC)c1CC2.CC. The van der Waals surface area contributed by atoms with Crippen LogP contribution >= 0.6 is 0 Å². The third kappa shape index (κ3) is 5.20. The number of carbonyl (C=O) groups is 1. The molecule has 3 rings (SSSR count). The summed E-state index contributed by atoms with van der Waals surface area (Å²) < 4.78 is 15.6. The van der Waals surface area contributed by atoms with Crippen LogP contribution in [0.3, 0.4) is 0 Å². The van der Waals surface area contributed by atoms with Gasteiger partial charge in [0.2, 0.25) is 0 Å². The monoisotopic (exact) mass is 439 g/mol. The fraction of sp³-hybridized carbons (Fsp3) is 0.481. The zero-order valence-electron chi connectivity index (χ0n) is 20.7. The standard InChI is InChI=1S/C25H32FN3O.C2H6/c1-7-9-19-21(24(30)15(5)8-2)18-11-10-17-13-27-25(28-16(6)12-14(3)4)22(26)20(17)23(18)29-19;1-2/h12-13,15,29H,3,7-11H2,1-2,4-6H3,(H,27,28);1-2H3/b16-12+;. The number of aromatic amines is 1. The number of fused-ring (bicyclic) bond motifs is 3. The van der Waals surface area contributed by atoms with E-state index in [2.05, 4.69) is 28.8 Å². The van der Waals surface area contributed by atoms with Gasteiger partial charge in [-0.15, -0.1) is 0 Å². The number of nitrogens with zero attached hydrogens (tertiary/aromatic N) is 1. The number of hydrogen-bond donors (Lipinski definition) is 2. The van der Waals surface area contributed by atoms with Crippen molar-refractivity contribution in [2.45, 2.75) is 80.6 Å². The third-order valence-electron chi connectivity index (χ3n) is 5.76. The molecule has 2 aromatic heterocycles. The first kappa shape index (κ1) is 25.6. The Morgan fingerprint density at radius 2 is 2.00 bits per heavy atom. The normalized spacial score (nSPS) is 13.4. The first-order valence-electron chi connectivity index (χ1n) is 11.8. The molecule has 1 aliphatic rings. The molecular weight excluding hydrogens is 401 g/mol. The number of Topliss-reactive ketones (excluding diaryl/α,β-unsaturated/α-hetero) is 1. The van der Waals surface area contributed by atoms with Gasteiger partial charge in [-0.1, -0.05) is 53.2 Å². The van der Waals surface area contributed by atoms with Crippen LogP contribution in [0.4, 0.5) is 10.2 Å². The molecule has 0 radical (unpaired) electrons. The van der Waals surface area contributed by atoms with Gasteiger partial charge in [0.15, 0.2) is 17.4 Å². The lowest BCUT2D eigenvalue weighted by atomic mass is 9.85. The van der Waals surface area contributed by atoms with Gasteiger partial charge in [-0.3, -0.25) is 4.79 Å².